The minimum atomic E-state index is -3.75. The van der Waals surface area contributed by atoms with E-state index in [-0.39, 0.29) is 10.8 Å². The van der Waals surface area contributed by atoms with Crippen molar-refractivity contribution >= 4 is 75.8 Å². The van der Waals surface area contributed by atoms with E-state index in [2.05, 4.69) is 31.0 Å². The van der Waals surface area contributed by atoms with Crippen LogP contribution in [0.4, 0.5) is 10.8 Å². The number of anilines is 2. The third-order valence-corrected chi connectivity index (χ3v) is 7.34. The smallest absolute Gasteiger partial charge is 0.261 e. The van der Waals surface area contributed by atoms with Crippen LogP contribution in [0.3, 0.4) is 0 Å². The zero-order valence-corrected chi connectivity index (χ0v) is 19.1. The van der Waals surface area contributed by atoms with Crippen molar-refractivity contribution in [2.75, 3.05) is 10.0 Å². The number of halogens is 2. The molecule has 0 unspecified atom stereocenters. The molecule has 0 saturated heterocycles. The number of nitrogens with zero attached hydrogens (tertiary/aromatic N) is 1. The number of sulfonamides is 1. The Hall–Kier alpha value is -2.46. The Kier molecular flexibility index (Phi) is 5.79. The topological polar surface area (TPSA) is 88.2 Å². The van der Waals surface area contributed by atoms with E-state index >= 15 is 0 Å². The van der Waals surface area contributed by atoms with Gasteiger partial charge in [0.2, 0.25) is 0 Å². The minimum Gasteiger partial charge on any atom is -0.298 e. The summed E-state index contributed by atoms with van der Waals surface area (Å²) in [4.78, 5) is 17.0. The van der Waals surface area contributed by atoms with E-state index in [0.29, 0.717) is 21.4 Å². The number of hydrogen-bond acceptors (Lipinski definition) is 5. The van der Waals surface area contributed by atoms with Crippen molar-refractivity contribution in [1.29, 1.82) is 0 Å². The van der Waals surface area contributed by atoms with E-state index in [9.17, 15) is 13.2 Å². The molecule has 4 aromatic rings. The summed E-state index contributed by atoms with van der Waals surface area (Å²) in [5.74, 6) is -0.336. The zero-order chi connectivity index (χ0) is 21.3. The lowest BCUT2D eigenvalue weighted by Crippen LogP contribution is -2.14. The normalized spacial score (nSPS) is 11.4. The van der Waals surface area contributed by atoms with Crippen molar-refractivity contribution in [2.45, 2.75) is 4.90 Å². The Bertz CT molecular complexity index is 1340. The first-order chi connectivity index (χ1) is 14.3. The molecule has 0 radical (unpaired) electrons. The Morgan fingerprint density at radius 1 is 1.00 bits per heavy atom. The zero-order valence-electron chi connectivity index (χ0n) is 15.1. The number of benzene rings is 3. The van der Waals surface area contributed by atoms with Crippen molar-refractivity contribution in [3.8, 4) is 0 Å². The molecule has 3 aromatic carbocycles. The molecule has 10 heteroatoms. The van der Waals surface area contributed by atoms with Crippen LogP contribution in [0.15, 0.2) is 76.1 Å². The van der Waals surface area contributed by atoms with Crippen LogP contribution in [0, 0.1) is 0 Å². The van der Waals surface area contributed by atoms with Gasteiger partial charge < -0.3 is 0 Å². The Morgan fingerprint density at radius 2 is 1.70 bits per heavy atom. The van der Waals surface area contributed by atoms with Crippen LogP contribution >= 0.6 is 38.9 Å². The summed E-state index contributed by atoms with van der Waals surface area (Å²) in [6.07, 6.45) is 0. The second-order valence-electron chi connectivity index (χ2n) is 6.20. The van der Waals surface area contributed by atoms with Crippen LogP contribution in [0.25, 0.3) is 10.2 Å². The van der Waals surface area contributed by atoms with Gasteiger partial charge in [-0.15, -0.1) is 0 Å². The Labute approximate surface area is 190 Å². The molecule has 0 atom stereocenters. The molecule has 1 amide bonds. The van der Waals surface area contributed by atoms with Gasteiger partial charge in [-0.1, -0.05) is 29.0 Å². The molecule has 1 heterocycles. The first kappa shape index (κ1) is 20.8. The first-order valence-electron chi connectivity index (χ1n) is 8.57. The maximum atomic E-state index is 12.5. The van der Waals surface area contributed by atoms with Crippen molar-refractivity contribution in [3.63, 3.8) is 0 Å². The highest BCUT2D eigenvalue weighted by Crippen LogP contribution is 2.31. The summed E-state index contributed by atoms with van der Waals surface area (Å²) in [6.45, 7) is 0. The lowest BCUT2D eigenvalue weighted by Gasteiger charge is -2.09. The molecular formula is C20H13BrClN3O3S2. The number of para-hydroxylation sites is 1. The van der Waals surface area contributed by atoms with Crippen LogP contribution in [0.1, 0.15) is 10.4 Å². The molecule has 0 aliphatic heterocycles. The van der Waals surface area contributed by atoms with Crippen LogP contribution in [0.2, 0.25) is 5.02 Å². The van der Waals surface area contributed by atoms with E-state index in [4.69, 9.17) is 11.6 Å². The summed E-state index contributed by atoms with van der Waals surface area (Å²) in [5, 5.41) is 3.70. The SMILES string of the molecule is O=C(Nc1nc2c(Br)cccc2s1)c1ccc(NS(=O)(=O)c2ccc(Cl)cc2)cc1. The molecule has 0 spiro atoms. The summed E-state index contributed by atoms with van der Waals surface area (Å²) in [6, 6.07) is 17.7. The number of thiazole rings is 1. The molecule has 0 aliphatic carbocycles. The average Bonchev–Trinajstić information content (AvgIpc) is 3.12. The number of carbonyl (C=O) groups is 1. The summed E-state index contributed by atoms with van der Waals surface area (Å²) >= 11 is 10.6. The number of hydrogen-bond donors (Lipinski definition) is 2. The minimum absolute atomic E-state index is 0.0933. The molecule has 0 bridgehead atoms. The molecule has 30 heavy (non-hydrogen) atoms. The van der Waals surface area contributed by atoms with E-state index < -0.39 is 10.0 Å². The summed E-state index contributed by atoms with van der Waals surface area (Å²) < 4.78 is 29.2. The number of rotatable bonds is 5. The summed E-state index contributed by atoms with van der Waals surface area (Å²) in [5.41, 5.74) is 1.50. The van der Waals surface area contributed by atoms with E-state index in [0.717, 1.165) is 14.7 Å². The molecule has 2 N–H and O–H groups in total. The van der Waals surface area contributed by atoms with Crippen molar-refractivity contribution < 1.29 is 13.2 Å². The van der Waals surface area contributed by atoms with Gasteiger partial charge >= 0.3 is 0 Å². The quantitative estimate of drug-likeness (QED) is 0.348. The Balaban J connectivity index is 1.47. The standard InChI is InChI=1S/C20H13BrClN3O3S2/c21-16-2-1-3-17-18(16)23-20(29-17)24-19(26)12-4-8-14(9-5-12)25-30(27,28)15-10-6-13(22)7-11-15/h1-11,25H,(H,23,24,26). The molecule has 6 nitrogen and oxygen atoms in total. The van der Waals surface area contributed by atoms with E-state index in [1.54, 1.807) is 0 Å². The first-order valence-corrected chi connectivity index (χ1v) is 12.0. The van der Waals surface area contributed by atoms with Crippen LogP contribution in [-0.4, -0.2) is 19.3 Å². The largest absolute Gasteiger partial charge is 0.298 e. The second-order valence-corrected chi connectivity index (χ2v) is 10.2. The molecule has 0 aliphatic rings. The van der Waals surface area contributed by atoms with E-state index in [1.165, 1.54) is 59.9 Å². The van der Waals surface area contributed by atoms with Gasteiger partial charge in [0.15, 0.2) is 5.13 Å². The van der Waals surface area contributed by atoms with Crippen molar-refractivity contribution in [2.24, 2.45) is 0 Å². The van der Waals surface area contributed by atoms with Gasteiger partial charge in [0.05, 0.1) is 15.1 Å². The molecule has 152 valence electrons. The maximum Gasteiger partial charge on any atom is 0.261 e. The van der Waals surface area contributed by atoms with Gasteiger partial charge in [-0.3, -0.25) is 14.8 Å². The van der Waals surface area contributed by atoms with Gasteiger partial charge in [-0.2, -0.15) is 0 Å². The van der Waals surface area contributed by atoms with Gasteiger partial charge in [-0.05, 0) is 76.6 Å². The van der Waals surface area contributed by atoms with Crippen LogP contribution < -0.4 is 10.0 Å². The number of aromatic nitrogens is 1. The highest BCUT2D eigenvalue weighted by Gasteiger charge is 2.15. The third-order valence-electron chi connectivity index (χ3n) is 4.11. The van der Waals surface area contributed by atoms with E-state index in [1.807, 2.05) is 18.2 Å². The highest BCUT2D eigenvalue weighted by atomic mass is 79.9. The molecule has 1 aromatic heterocycles. The van der Waals surface area contributed by atoms with Crippen LogP contribution in [-0.2, 0) is 10.0 Å². The lowest BCUT2D eigenvalue weighted by molar-refractivity contribution is 0.102. The maximum absolute atomic E-state index is 12.5. The van der Waals surface area contributed by atoms with Gasteiger partial charge in [0, 0.05) is 20.7 Å². The molecule has 4 rings (SSSR count). The average molecular weight is 523 g/mol. The number of nitrogens with one attached hydrogen (secondary N) is 2. The predicted molar refractivity (Wildman–Crippen MR) is 124 cm³/mol. The molecule has 0 fully saturated rings. The van der Waals surface area contributed by atoms with Gasteiger partial charge in [0.1, 0.15) is 0 Å². The second kappa shape index (κ2) is 8.35. The van der Waals surface area contributed by atoms with Crippen molar-refractivity contribution in [1.82, 2.24) is 4.98 Å². The predicted octanol–water partition coefficient (Wildman–Crippen LogP) is 5.77. The summed E-state index contributed by atoms with van der Waals surface area (Å²) in [7, 11) is -3.75. The number of fused-ring (bicyclic) bond motifs is 1. The monoisotopic (exact) mass is 521 g/mol. The lowest BCUT2D eigenvalue weighted by atomic mass is 10.2. The van der Waals surface area contributed by atoms with Crippen molar-refractivity contribution in [3.05, 3.63) is 81.8 Å². The number of amides is 1. The van der Waals surface area contributed by atoms with Gasteiger partial charge in [0.25, 0.3) is 15.9 Å². The van der Waals surface area contributed by atoms with Crippen LogP contribution in [0.5, 0.6) is 0 Å². The highest BCUT2D eigenvalue weighted by molar-refractivity contribution is 9.10. The fourth-order valence-electron chi connectivity index (χ4n) is 2.66. The fourth-order valence-corrected chi connectivity index (χ4v) is 5.31. The number of carbonyl (C=O) groups excluding carboxylic acids is 1. The third kappa shape index (κ3) is 4.49. The molecule has 0 saturated carbocycles. The van der Waals surface area contributed by atoms with Gasteiger partial charge in [-0.25, -0.2) is 13.4 Å². The fraction of sp³-hybridized carbons (Fsp3) is 0. The Morgan fingerprint density at radius 3 is 2.37 bits per heavy atom. The molecular weight excluding hydrogens is 510 g/mol.